The lowest BCUT2D eigenvalue weighted by molar-refractivity contribution is -0.117. The number of aryl methyl sites for hydroxylation is 2. The van der Waals surface area contributed by atoms with Gasteiger partial charge in [0.1, 0.15) is 19.2 Å². The molecule has 0 aromatic heterocycles. The summed E-state index contributed by atoms with van der Waals surface area (Å²) in [6.07, 6.45) is 1.52. The van der Waals surface area contributed by atoms with Crippen molar-refractivity contribution in [2.75, 3.05) is 39.3 Å². The summed E-state index contributed by atoms with van der Waals surface area (Å²) < 4.78 is 0. The number of hydrogen-bond donors (Lipinski definition) is 0. The smallest absolute Gasteiger partial charge is 0.227 e. The first-order chi connectivity index (χ1) is 12.4. The van der Waals surface area contributed by atoms with Gasteiger partial charge in [0.05, 0.1) is 5.70 Å². The molecule has 0 atom stereocenters. The van der Waals surface area contributed by atoms with E-state index in [2.05, 4.69) is 6.07 Å². The van der Waals surface area contributed by atoms with Crippen LogP contribution in [0.5, 0.6) is 0 Å². The first-order valence-electron chi connectivity index (χ1n) is 9.07. The SMILES string of the molecule is O=C1C=C(N2CC2)C(=O)C(N2CC2)=C1N1CC1.[B]c1cc(C)cc(C)c1. The first-order valence-corrected chi connectivity index (χ1v) is 9.07. The molecular weight excluding hydrogens is 325 g/mol. The van der Waals surface area contributed by atoms with Crippen LogP contribution in [0, 0.1) is 13.8 Å². The molecule has 0 amide bonds. The van der Waals surface area contributed by atoms with E-state index in [9.17, 15) is 9.59 Å². The molecule has 1 aliphatic carbocycles. The van der Waals surface area contributed by atoms with Gasteiger partial charge in [-0.3, -0.25) is 9.59 Å². The Morgan fingerprint density at radius 2 is 1.27 bits per heavy atom. The molecule has 132 valence electrons. The van der Waals surface area contributed by atoms with Crippen LogP contribution in [0.1, 0.15) is 11.1 Å². The van der Waals surface area contributed by atoms with Crippen LogP contribution in [0.15, 0.2) is 41.4 Å². The third kappa shape index (κ3) is 3.54. The van der Waals surface area contributed by atoms with Crippen molar-refractivity contribution in [2.45, 2.75) is 13.8 Å². The van der Waals surface area contributed by atoms with Crippen LogP contribution in [-0.4, -0.2) is 73.4 Å². The van der Waals surface area contributed by atoms with E-state index in [-0.39, 0.29) is 11.6 Å². The van der Waals surface area contributed by atoms with E-state index in [0.29, 0.717) is 17.1 Å². The molecule has 6 heteroatoms. The van der Waals surface area contributed by atoms with Crippen molar-refractivity contribution in [3.8, 4) is 0 Å². The Balaban J connectivity index is 0.000000160. The topological polar surface area (TPSA) is 43.2 Å². The first kappa shape index (κ1) is 16.9. The molecular formula is C20H22BN3O2. The fourth-order valence-electron chi connectivity index (χ4n) is 3.29. The van der Waals surface area contributed by atoms with Crippen LogP contribution in [0.25, 0.3) is 0 Å². The molecule has 0 spiro atoms. The minimum absolute atomic E-state index is 0.00546. The van der Waals surface area contributed by atoms with E-state index in [1.165, 1.54) is 17.2 Å². The van der Waals surface area contributed by atoms with Crippen molar-refractivity contribution < 1.29 is 9.59 Å². The number of benzene rings is 1. The fourth-order valence-corrected chi connectivity index (χ4v) is 3.29. The number of ketones is 2. The van der Waals surface area contributed by atoms with Gasteiger partial charge in [0.15, 0.2) is 0 Å². The van der Waals surface area contributed by atoms with Gasteiger partial charge >= 0.3 is 0 Å². The van der Waals surface area contributed by atoms with Crippen LogP contribution in [0.4, 0.5) is 0 Å². The van der Waals surface area contributed by atoms with Crippen LogP contribution >= 0.6 is 0 Å². The van der Waals surface area contributed by atoms with Crippen molar-refractivity contribution in [3.63, 3.8) is 0 Å². The molecule has 0 saturated carbocycles. The van der Waals surface area contributed by atoms with Gasteiger partial charge in [-0.2, -0.15) is 0 Å². The molecule has 0 N–H and O–H groups in total. The summed E-state index contributed by atoms with van der Waals surface area (Å²) in [5, 5.41) is 0. The number of rotatable bonds is 3. The van der Waals surface area contributed by atoms with Gasteiger partial charge in [-0.05, 0) is 13.8 Å². The standard InChI is InChI=1S/C12H13N3O2.C8H9B/c16-9-7-8(13-1-2-13)12(17)11(15-5-6-15)10(9)14-3-4-14;1-6-3-7(2)5-8(9)4-6/h7H,1-6H2;3-5H,1-2H3. The van der Waals surface area contributed by atoms with Crippen molar-refractivity contribution in [2.24, 2.45) is 0 Å². The zero-order chi connectivity index (χ0) is 18.4. The third-order valence-electron chi connectivity index (χ3n) is 4.73. The Kier molecular flexibility index (Phi) is 4.13. The van der Waals surface area contributed by atoms with Crippen LogP contribution in [0.3, 0.4) is 0 Å². The maximum atomic E-state index is 12.4. The highest BCUT2D eigenvalue weighted by molar-refractivity contribution is 6.32. The number of allylic oxidation sites excluding steroid dienone is 1. The Morgan fingerprint density at radius 3 is 1.73 bits per heavy atom. The zero-order valence-corrected chi connectivity index (χ0v) is 15.3. The second kappa shape index (κ2) is 6.34. The van der Waals surface area contributed by atoms with E-state index in [1.807, 2.05) is 40.7 Å². The van der Waals surface area contributed by atoms with Gasteiger partial charge in [-0.15, -0.1) is 0 Å². The summed E-state index contributed by atoms with van der Waals surface area (Å²) in [4.78, 5) is 30.5. The minimum Gasteiger partial charge on any atom is -0.365 e. The molecule has 26 heavy (non-hydrogen) atoms. The number of carbonyl (C=O) groups is 2. The molecule has 3 saturated heterocycles. The fraction of sp³-hybridized carbons (Fsp3) is 0.400. The van der Waals surface area contributed by atoms with Crippen molar-refractivity contribution in [1.29, 1.82) is 0 Å². The Labute approximate surface area is 155 Å². The molecule has 0 unspecified atom stereocenters. The molecule has 5 nitrogen and oxygen atoms in total. The van der Waals surface area contributed by atoms with Crippen LogP contribution in [-0.2, 0) is 9.59 Å². The van der Waals surface area contributed by atoms with E-state index in [0.717, 1.165) is 44.7 Å². The van der Waals surface area contributed by atoms with Crippen LogP contribution in [0.2, 0.25) is 0 Å². The largest absolute Gasteiger partial charge is 0.365 e. The molecule has 4 aliphatic rings. The highest BCUT2D eigenvalue weighted by Crippen LogP contribution is 2.33. The Morgan fingerprint density at radius 1 is 0.769 bits per heavy atom. The Bertz CT molecular complexity index is 796. The van der Waals surface area contributed by atoms with E-state index >= 15 is 0 Å². The number of nitrogens with zero attached hydrogens (tertiary/aromatic N) is 3. The molecule has 2 radical (unpaired) electrons. The Hall–Kier alpha value is -2.50. The summed E-state index contributed by atoms with van der Waals surface area (Å²) >= 11 is 0. The highest BCUT2D eigenvalue weighted by Gasteiger charge is 2.43. The quantitative estimate of drug-likeness (QED) is 0.446. The normalized spacial score (nSPS) is 20.7. The van der Waals surface area contributed by atoms with Gasteiger partial charge in [0.25, 0.3) is 0 Å². The van der Waals surface area contributed by atoms with Crippen LogP contribution < -0.4 is 5.46 Å². The lowest BCUT2D eigenvalue weighted by atomic mass is 9.93. The molecule has 3 aliphatic heterocycles. The highest BCUT2D eigenvalue weighted by atomic mass is 16.1. The zero-order valence-electron chi connectivity index (χ0n) is 15.3. The van der Waals surface area contributed by atoms with Crippen molar-refractivity contribution in [3.05, 3.63) is 52.5 Å². The van der Waals surface area contributed by atoms with E-state index in [1.54, 1.807) is 0 Å². The summed E-state index contributed by atoms with van der Waals surface area (Å²) in [5.41, 5.74) is 5.20. The molecule has 1 aromatic carbocycles. The summed E-state index contributed by atoms with van der Waals surface area (Å²) in [5.74, 6) is 0.0485. The number of carbonyl (C=O) groups excluding carboxylic acids is 2. The molecule has 3 fully saturated rings. The third-order valence-corrected chi connectivity index (χ3v) is 4.73. The van der Waals surface area contributed by atoms with Gasteiger partial charge in [-0.25, -0.2) is 0 Å². The van der Waals surface area contributed by atoms with Gasteiger partial charge in [0, 0.05) is 45.3 Å². The average Bonchev–Trinajstić information content (AvgIpc) is 3.43. The predicted molar refractivity (Wildman–Crippen MR) is 101 cm³/mol. The van der Waals surface area contributed by atoms with Crippen molar-refractivity contribution in [1.82, 2.24) is 14.7 Å². The minimum atomic E-state index is 0.00546. The second-order valence-corrected chi connectivity index (χ2v) is 7.30. The maximum absolute atomic E-state index is 12.4. The predicted octanol–water partition coefficient (Wildman–Crippen LogP) is 0.278. The van der Waals surface area contributed by atoms with Gasteiger partial charge in [-0.1, -0.05) is 34.8 Å². The lowest BCUT2D eigenvalue weighted by Gasteiger charge is -2.21. The van der Waals surface area contributed by atoms with E-state index < -0.39 is 0 Å². The maximum Gasteiger partial charge on any atom is 0.227 e. The summed E-state index contributed by atoms with van der Waals surface area (Å²) in [6, 6.07) is 6.04. The molecule has 3 heterocycles. The van der Waals surface area contributed by atoms with Gasteiger partial charge in [0.2, 0.25) is 11.6 Å². The molecule has 0 bridgehead atoms. The lowest BCUT2D eigenvalue weighted by Crippen LogP contribution is -2.29. The molecule has 5 rings (SSSR count). The average molecular weight is 347 g/mol. The molecule has 1 aromatic rings. The number of hydrogen-bond acceptors (Lipinski definition) is 5. The summed E-state index contributed by atoms with van der Waals surface area (Å²) in [7, 11) is 5.56. The summed E-state index contributed by atoms with van der Waals surface area (Å²) in [6.45, 7) is 9.50. The van der Waals surface area contributed by atoms with E-state index in [4.69, 9.17) is 7.85 Å². The second-order valence-electron chi connectivity index (χ2n) is 7.30. The monoisotopic (exact) mass is 347 g/mol. The van der Waals surface area contributed by atoms with Crippen molar-refractivity contribution >= 4 is 24.9 Å². The van der Waals surface area contributed by atoms with Gasteiger partial charge < -0.3 is 14.7 Å². The number of Topliss-reactive ketones (excluding diaryl/α,β-unsaturated/α-hetero) is 1.